The van der Waals surface area contributed by atoms with E-state index in [4.69, 9.17) is 4.52 Å². The van der Waals surface area contributed by atoms with Crippen LogP contribution in [-0.4, -0.2) is 58.2 Å². The van der Waals surface area contributed by atoms with Gasteiger partial charge in [-0.05, 0) is 70.9 Å². The zero-order chi connectivity index (χ0) is 19.6. The van der Waals surface area contributed by atoms with Crippen molar-refractivity contribution in [3.8, 4) is 0 Å². The van der Waals surface area contributed by atoms with Gasteiger partial charge in [0.05, 0.1) is 0 Å². The van der Waals surface area contributed by atoms with Gasteiger partial charge in [0, 0.05) is 36.0 Å². The number of carbonyl (C=O) groups excluding carboxylic acids is 1. The molecule has 158 valence electrons. The summed E-state index contributed by atoms with van der Waals surface area (Å²) >= 11 is 0. The fraction of sp³-hybridized carbons (Fsp3) is 0.864. The van der Waals surface area contributed by atoms with Crippen LogP contribution in [0.4, 0.5) is 6.01 Å². The molecule has 1 aliphatic carbocycles. The number of likely N-dealkylation sites (tertiary alicyclic amines) is 1. The summed E-state index contributed by atoms with van der Waals surface area (Å²) in [6, 6.07) is 2.89. The molecule has 1 spiro atoms. The number of nitrogens with zero attached hydrogens (tertiary/aromatic N) is 4. The first kappa shape index (κ1) is 18.2. The summed E-state index contributed by atoms with van der Waals surface area (Å²) in [5, 5.41) is 7.35. The Morgan fingerprint density at radius 1 is 1.10 bits per heavy atom. The van der Waals surface area contributed by atoms with Crippen LogP contribution in [0.2, 0.25) is 0 Å². The molecule has 1 N–H and O–H groups in total. The minimum Gasteiger partial charge on any atom is -0.353 e. The summed E-state index contributed by atoms with van der Waals surface area (Å²) < 4.78 is 5.50. The third kappa shape index (κ3) is 3.16. The van der Waals surface area contributed by atoms with Gasteiger partial charge in [0.2, 0.25) is 5.91 Å². The van der Waals surface area contributed by atoms with Crippen molar-refractivity contribution in [2.75, 3.05) is 18.0 Å². The van der Waals surface area contributed by atoms with Crippen molar-refractivity contribution in [3.63, 3.8) is 0 Å². The molecule has 7 heteroatoms. The highest BCUT2D eigenvalue weighted by Gasteiger charge is 2.51. The highest BCUT2D eigenvalue weighted by atomic mass is 16.5. The number of piperidine rings is 2. The van der Waals surface area contributed by atoms with Crippen LogP contribution in [0, 0.1) is 18.3 Å². The molecule has 0 aromatic carbocycles. The van der Waals surface area contributed by atoms with E-state index in [9.17, 15) is 4.79 Å². The third-order valence-corrected chi connectivity index (χ3v) is 8.61. The number of nitrogens with one attached hydrogen (secondary N) is 1. The van der Waals surface area contributed by atoms with Gasteiger partial charge in [-0.15, -0.1) is 0 Å². The van der Waals surface area contributed by atoms with Crippen molar-refractivity contribution in [1.29, 1.82) is 0 Å². The predicted molar refractivity (Wildman–Crippen MR) is 108 cm³/mol. The second-order valence-corrected chi connectivity index (χ2v) is 10.4. The first-order valence-electron chi connectivity index (χ1n) is 11.7. The fourth-order valence-corrected chi connectivity index (χ4v) is 6.85. The lowest BCUT2D eigenvalue weighted by Crippen LogP contribution is -2.54. The molecule has 1 aromatic rings. The van der Waals surface area contributed by atoms with Crippen LogP contribution in [-0.2, 0) is 4.79 Å². The lowest BCUT2D eigenvalue weighted by Gasteiger charge is -2.48. The van der Waals surface area contributed by atoms with E-state index in [-0.39, 0.29) is 5.41 Å². The van der Waals surface area contributed by atoms with Crippen LogP contribution in [0.15, 0.2) is 4.52 Å². The molecule has 1 aromatic heterocycles. The zero-order valence-electron chi connectivity index (χ0n) is 17.5. The summed E-state index contributed by atoms with van der Waals surface area (Å²) in [5.74, 6) is 1.90. The molecule has 1 saturated carbocycles. The summed E-state index contributed by atoms with van der Waals surface area (Å²) in [6.45, 7) is 4.20. The minimum absolute atomic E-state index is 0.233. The van der Waals surface area contributed by atoms with E-state index in [0.29, 0.717) is 30.1 Å². The van der Waals surface area contributed by atoms with Gasteiger partial charge in [-0.2, -0.15) is 4.98 Å². The van der Waals surface area contributed by atoms with Crippen molar-refractivity contribution in [2.24, 2.45) is 11.3 Å². The predicted octanol–water partition coefficient (Wildman–Crippen LogP) is 2.65. The molecule has 5 heterocycles. The molecule has 0 radical (unpaired) electrons. The normalized spacial score (nSPS) is 36.7. The Labute approximate surface area is 172 Å². The molecule has 5 aliphatic rings. The lowest BCUT2D eigenvalue weighted by molar-refractivity contribution is -0.120. The van der Waals surface area contributed by atoms with Crippen molar-refractivity contribution in [1.82, 2.24) is 20.4 Å². The standard InChI is InChI=1S/C22H33N5O2/c1-14-23-21(29-25-14)27-16-4-5-17(27)12-18(11-16)26-8-6-22(7-9-26)13-20(28)24-19(22)10-15-2-3-15/h15-19H,2-13H2,1H3,(H,24,28). The van der Waals surface area contributed by atoms with E-state index in [1.807, 2.05) is 6.92 Å². The van der Waals surface area contributed by atoms with E-state index >= 15 is 0 Å². The molecule has 29 heavy (non-hydrogen) atoms. The SMILES string of the molecule is Cc1noc(N2C3CCC2CC(N2CCC4(CC2)CC(=O)NC4CC2CC2)C3)n1. The highest BCUT2D eigenvalue weighted by molar-refractivity contribution is 5.80. The van der Waals surface area contributed by atoms with E-state index < -0.39 is 0 Å². The molecule has 1 amide bonds. The van der Waals surface area contributed by atoms with E-state index in [1.54, 1.807) is 0 Å². The van der Waals surface area contributed by atoms with Gasteiger partial charge in [0.1, 0.15) is 0 Å². The fourth-order valence-electron chi connectivity index (χ4n) is 6.85. The maximum absolute atomic E-state index is 12.2. The Bertz CT molecular complexity index is 768. The average Bonchev–Trinajstić information content (AvgIpc) is 3.26. The summed E-state index contributed by atoms with van der Waals surface area (Å²) in [6.07, 6.45) is 12.0. The summed E-state index contributed by atoms with van der Waals surface area (Å²) in [4.78, 5) is 21.9. The molecule has 2 bridgehead atoms. The number of anilines is 1. The molecular formula is C22H33N5O2. The summed E-state index contributed by atoms with van der Waals surface area (Å²) in [5.41, 5.74) is 0.233. The Balaban J connectivity index is 1.11. The molecule has 3 unspecified atom stereocenters. The Hall–Kier alpha value is -1.63. The number of aromatic nitrogens is 2. The first-order chi connectivity index (χ1) is 14.1. The first-order valence-corrected chi connectivity index (χ1v) is 11.7. The molecule has 3 atom stereocenters. The van der Waals surface area contributed by atoms with Crippen LogP contribution in [0.1, 0.15) is 70.0 Å². The van der Waals surface area contributed by atoms with Gasteiger partial charge in [0.25, 0.3) is 0 Å². The molecule has 7 nitrogen and oxygen atoms in total. The van der Waals surface area contributed by atoms with Gasteiger partial charge in [-0.25, -0.2) is 0 Å². The topological polar surface area (TPSA) is 74.5 Å². The quantitative estimate of drug-likeness (QED) is 0.839. The van der Waals surface area contributed by atoms with Crippen LogP contribution in [0.25, 0.3) is 0 Å². The molecular weight excluding hydrogens is 366 g/mol. The van der Waals surface area contributed by atoms with Crippen LogP contribution >= 0.6 is 0 Å². The number of aryl methyl sites for hydroxylation is 1. The monoisotopic (exact) mass is 399 g/mol. The van der Waals surface area contributed by atoms with E-state index in [1.165, 1.54) is 57.8 Å². The minimum atomic E-state index is 0.233. The van der Waals surface area contributed by atoms with E-state index in [2.05, 4.69) is 25.3 Å². The number of hydrogen-bond acceptors (Lipinski definition) is 6. The van der Waals surface area contributed by atoms with Gasteiger partial charge in [-0.3, -0.25) is 4.79 Å². The maximum atomic E-state index is 12.2. The van der Waals surface area contributed by atoms with Crippen LogP contribution < -0.4 is 10.2 Å². The van der Waals surface area contributed by atoms with Gasteiger partial charge in [-0.1, -0.05) is 18.0 Å². The molecule has 6 rings (SSSR count). The van der Waals surface area contributed by atoms with Crippen molar-refractivity contribution >= 4 is 11.9 Å². The Morgan fingerprint density at radius 3 is 2.45 bits per heavy atom. The molecule has 5 fully saturated rings. The third-order valence-electron chi connectivity index (χ3n) is 8.61. The zero-order valence-corrected chi connectivity index (χ0v) is 17.5. The Kier molecular flexibility index (Phi) is 4.19. The lowest BCUT2D eigenvalue weighted by atomic mass is 9.70. The summed E-state index contributed by atoms with van der Waals surface area (Å²) in [7, 11) is 0. The van der Waals surface area contributed by atoms with Crippen molar-refractivity contribution in [3.05, 3.63) is 5.82 Å². The number of amides is 1. The van der Waals surface area contributed by atoms with Gasteiger partial charge in [0.15, 0.2) is 5.82 Å². The van der Waals surface area contributed by atoms with Crippen molar-refractivity contribution < 1.29 is 9.32 Å². The van der Waals surface area contributed by atoms with Crippen molar-refractivity contribution in [2.45, 2.75) is 95.3 Å². The second-order valence-electron chi connectivity index (χ2n) is 10.4. The smallest absolute Gasteiger partial charge is 0.324 e. The van der Waals surface area contributed by atoms with Gasteiger partial charge < -0.3 is 19.6 Å². The number of hydrogen-bond donors (Lipinski definition) is 1. The Morgan fingerprint density at radius 2 is 1.83 bits per heavy atom. The number of rotatable bonds is 4. The highest BCUT2D eigenvalue weighted by Crippen LogP contribution is 2.48. The van der Waals surface area contributed by atoms with Crippen LogP contribution in [0.5, 0.6) is 0 Å². The number of fused-ring (bicyclic) bond motifs is 2. The number of carbonyl (C=O) groups is 1. The van der Waals surface area contributed by atoms with Gasteiger partial charge >= 0.3 is 6.01 Å². The van der Waals surface area contributed by atoms with E-state index in [0.717, 1.165) is 37.3 Å². The largest absolute Gasteiger partial charge is 0.353 e. The second kappa shape index (κ2) is 6.69. The van der Waals surface area contributed by atoms with Crippen LogP contribution in [0.3, 0.4) is 0 Å². The maximum Gasteiger partial charge on any atom is 0.324 e. The molecule has 4 saturated heterocycles. The molecule has 4 aliphatic heterocycles. The average molecular weight is 400 g/mol.